The molecule has 9 nitrogen and oxygen atoms in total. The van der Waals surface area contributed by atoms with E-state index in [1.165, 1.54) is 7.11 Å². The highest BCUT2D eigenvalue weighted by atomic mass is 32.2. The Bertz CT molecular complexity index is 1050. The molecule has 2 aromatic rings. The Morgan fingerprint density at radius 3 is 2.27 bits per heavy atom. The van der Waals surface area contributed by atoms with Gasteiger partial charge in [-0.25, -0.2) is 0 Å². The molecule has 1 aliphatic heterocycles. The van der Waals surface area contributed by atoms with Crippen molar-refractivity contribution in [2.75, 3.05) is 13.7 Å². The summed E-state index contributed by atoms with van der Waals surface area (Å²) in [7, 11) is 1.30. The van der Waals surface area contributed by atoms with E-state index in [2.05, 4.69) is 10.6 Å². The highest BCUT2D eigenvalue weighted by Crippen LogP contribution is 2.27. The number of rotatable bonds is 9. The first-order chi connectivity index (χ1) is 15.9. The molecule has 2 aromatic carbocycles. The van der Waals surface area contributed by atoms with Crippen LogP contribution < -0.4 is 21.1 Å². The van der Waals surface area contributed by atoms with Crippen LogP contribution in [0.25, 0.3) is 6.08 Å². The molecule has 1 saturated heterocycles. The molecule has 10 heteroatoms. The molecule has 0 radical (unpaired) electrons. The fourth-order valence-electron chi connectivity index (χ4n) is 3.06. The van der Waals surface area contributed by atoms with Crippen LogP contribution in [0, 0.1) is 0 Å². The molecule has 4 N–H and O–H groups in total. The smallest absolute Gasteiger partial charge is 0.307 e. The summed E-state index contributed by atoms with van der Waals surface area (Å²) < 4.78 is 10.5. The third-order valence-electron chi connectivity index (χ3n) is 4.65. The molecule has 1 atom stereocenters. The van der Waals surface area contributed by atoms with Crippen LogP contribution in [0.3, 0.4) is 0 Å². The van der Waals surface area contributed by atoms with Gasteiger partial charge in [0.1, 0.15) is 11.5 Å². The Hall–Kier alpha value is -3.63. The average Bonchev–Trinajstić information content (AvgIpc) is 3.12. The third kappa shape index (κ3) is 7.19. The minimum atomic E-state index is -0.433. The predicted molar refractivity (Wildman–Crippen MR) is 123 cm³/mol. The standard InChI is InChI=1S/C23H23N3O6S/c1-31-21(28)12-16(25-20(27)13-24)10-14-2-6-17(7-3-14)32-18-8-4-15(5-9-18)11-19-22(29)26-23(30)33-19/h2-9,11,16H,10,12-13,24H2,1H3,(H,25,27)(H,26,29,30)/b19-11+. The SMILES string of the molecule is COC(=O)CC(Cc1ccc(Oc2ccc(/C=C3/SC(=O)NC3=O)cc2)cc1)NC(=O)CN. The molecule has 0 aromatic heterocycles. The maximum atomic E-state index is 11.6. The summed E-state index contributed by atoms with van der Waals surface area (Å²) in [5.74, 6) is 0.0404. The van der Waals surface area contributed by atoms with E-state index in [-0.39, 0.29) is 24.1 Å². The topological polar surface area (TPSA) is 137 Å². The number of nitrogens with two attached hydrogens (primary N) is 1. The van der Waals surface area contributed by atoms with Crippen LogP contribution in [0.4, 0.5) is 4.79 Å². The van der Waals surface area contributed by atoms with Gasteiger partial charge in [0.05, 0.1) is 25.0 Å². The minimum Gasteiger partial charge on any atom is -0.469 e. The molecule has 0 spiro atoms. The Morgan fingerprint density at radius 2 is 1.73 bits per heavy atom. The van der Waals surface area contributed by atoms with E-state index >= 15 is 0 Å². The zero-order valence-electron chi connectivity index (χ0n) is 17.8. The van der Waals surface area contributed by atoms with Crippen LogP contribution in [0.15, 0.2) is 53.4 Å². The number of methoxy groups -OCH3 is 1. The number of esters is 1. The van der Waals surface area contributed by atoms with Crippen molar-refractivity contribution in [1.29, 1.82) is 0 Å². The Balaban J connectivity index is 1.61. The number of imide groups is 1. The molecule has 33 heavy (non-hydrogen) atoms. The highest BCUT2D eigenvalue weighted by Gasteiger charge is 2.24. The van der Waals surface area contributed by atoms with Gasteiger partial charge >= 0.3 is 5.97 Å². The van der Waals surface area contributed by atoms with Crippen molar-refractivity contribution in [1.82, 2.24) is 10.6 Å². The summed E-state index contributed by atoms with van der Waals surface area (Å²) in [5, 5.41) is 4.56. The van der Waals surface area contributed by atoms with E-state index in [1.807, 2.05) is 12.1 Å². The highest BCUT2D eigenvalue weighted by molar-refractivity contribution is 8.18. The summed E-state index contributed by atoms with van der Waals surface area (Å²) in [6.45, 7) is -0.162. The molecule has 0 saturated carbocycles. The van der Waals surface area contributed by atoms with Gasteiger partial charge in [-0.05, 0) is 59.7 Å². The number of nitrogens with one attached hydrogen (secondary N) is 2. The average molecular weight is 470 g/mol. The van der Waals surface area contributed by atoms with Gasteiger partial charge in [0, 0.05) is 6.04 Å². The first kappa shape index (κ1) is 24.0. The monoisotopic (exact) mass is 469 g/mol. The molecule has 1 aliphatic rings. The number of benzene rings is 2. The number of hydrogen-bond donors (Lipinski definition) is 3. The van der Waals surface area contributed by atoms with Gasteiger partial charge in [-0.1, -0.05) is 24.3 Å². The van der Waals surface area contributed by atoms with E-state index in [9.17, 15) is 19.2 Å². The minimum absolute atomic E-state index is 0.0390. The van der Waals surface area contributed by atoms with E-state index in [1.54, 1.807) is 42.5 Å². The molecule has 0 bridgehead atoms. The molecular formula is C23H23N3O6S. The Morgan fingerprint density at radius 1 is 1.09 bits per heavy atom. The molecule has 1 heterocycles. The van der Waals surface area contributed by atoms with Crippen LogP contribution in [-0.2, 0) is 25.5 Å². The van der Waals surface area contributed by atoms with Crippen LogP contribution in [-0.4, -0.2) is 42.7 Å². The van der Waals surface area contributed by atoms with Crippen molar-refractivity contribution < 1.29 is 28.7 Å². The Labute approximate surface area is 194 Å². The van der Waals surface area contributed by atoms with Crippen LogP contribution in [0.1, 0.15) is 17.5 Å². The summed E-state index contributed by atoms with van der Waals surface area (Å²) in [6, 6.07) is 13.9. The van der Waals surface area contributed by atoms with Crippen molar-refractivity contribution in [3.05, 3.63) is 64.6 Å². The van der Waals surface area contributed by atoms with Gasteiger partial charge in [0.25, 0.3) is 11.1 Å². The van der Waals surface area contributed by atoms with Gasteiger partial charge in [0.15, 0.2) is 0 Å². The third-order valence-corrected chi connectivity index (χ3v) is 5.46. The van der Waals surface area contributed by atoms with E-state index in [0.29, 0.717) is 22.8 Å². The lowest BCUT2D eigenvalue weighted by Gasteiger charge is -2.17. The van der Waals surface area contributed by atoms with E-state index in [4.69, 9.17) is 15.2 Å². The van der Waals surface area contributed by atoms with E-state index in [0.717, 1.165) is 22.9 Å². The number of ether oxygens (including phenoxy) is 2. The number of amides is 3. The lowest BCUT2D eigenvalue weighted by atomic mass is 10.0. The number of carbonyl (C=O) groups excluding carboxylic acids is 4. The molecule has 3 rings (SSSR count). The molecule has 0 aliphatic carbocycles. The first-order valence-electron chi connectivity index (χ1n) is 10.0. The predicted octanol–water partition coefficient (Wildman–Crippen LogP) is 2.35. The fraction of sp³-hybridized carbons (Fsp3) is 0.217. The molecule has 1 fully saturated rings. The van der Waals surface area contributed by atoms with Gasteiger partial charge in [-0.3, -0.25) is 24.5 Å². The number of carbonyl (C=O) groups is 4. The summed E-state index contributed by atoms with van der Waals surface area (Å²) in [4.78, 5) is 46.5. The second-order valence-electron chi connectivity index (χ2n) is 7.12. The van der Waals surface area contributed by atoms with Gasteiger partial charge in [-0.15, -0.1) is 0 Å². The van der Waals surface area contributed by atoms with Gasteiger partial charge < -0.3 is 20.5 Å². The molecule has 3 amide bonds. The van der Waals surface area contributed by atoms with Crippen LogP contribution in [0.5, 0.6) is 11.5 Å². The maximum absolute atomic E-state index is 11.6. The lowest BCUT2D eigenvalue weighted by molar-refractivity contribution is -0.141. The van der Waals surface area contributed by atoms with Crippen molar-refractivity contribution in [3.63, 3.8) is 0 Å². The number of hydrogen-bond acceptors (Lipinski definition) is 8. The number of thioether (sulfide) groups is 1. The van der Waals surface area contributed by atoms with Crippen molar-refractivity contribution in [3.8, 4) is 11.5 Å². The van der Waals surface area contributed by atoms with Crippen LogP contribution >= 0.6 is 11.8 Å². The van der Waals surface area contributed by atoms with Gasteiger partial charge in [-0.2, -0.15) is 0 Å². The maximum Gasteiger partial charge on any atom is 0.307 e. The van der Waals surface area contributed by atoms with Crippen LogP contribution in [0.2, 0.25) is 0 Å². The largest absolute Gasteiger partial charge is 0.469 e. The normalized spacial score (nSPS) is 15.2. The lowest BCUT2D eigenvalue weighted by Crippen LogP contribution is -2.41. The summed E-state index contributed by atoms with van der Waals surface area (Å²) >= 11 is 0.865. The van der Waals surface area contributed by atoms with Crippen molar-refractivity contribution >= 4 is 40.9 Å². The van der Waals surface area contributed by atoms with Crippen molar-refractivity contribution in [2.45, 2.75) is 18.9 Å². The second kappa shape index (κ2) is 11.3. The zero-order valence-corrected chi connectivity index (χ0v) is 18.6. The Kier molecular flexibility index (Phi) is 8.22. The van der Waals surface area contributed by atoms with E-state index < -0.39 is 17.9 Å². The molecule has 172 valence electrons. The summed E-state index contributed by atoms with van der Waals surface area (Å²) in [6.07, 6.45) is 2.10. The first-order valence-corrected chi connectivity index (χ1v) is 10.9. The molecule has 1 unspecified atom stereocenters. The van der Waals surface area contributed by atoms with Crippen molar-refractivity contribution in [2.24, 2.45) is 5.73 Å². The quantitative estimate of drug-likeness (QED) is 0.376. The van der Waals surface area contributed by atoms with Gasteiger partial charge in [0.2, 0.25) is 5.91 Å². The zero-order chi connectivity index (χ0) is 23.8. The molecular weight excluding hydrogens is 446 g/mol. The second-order valence-corrected chi connectivity index (χ2v) is 8.13. The fourth-order valence-corrected chi connectivity index (χ4v) is 3.75. The summed E-state index contributed by atoms with van der Waals surface area (Å²) in [5.41, 5.74) is 7.02.